The summed E-state index contributed by atoms with van der Waals surface area (Å²) in [5.41, 5.74) is 1.59. The Morgan fingerprint density at radius 2 is 1.92 bits per heavy atom. The van der Waals surface area contributed by atoms with Crippen molar-refractivity contribution in [2.45, 2.75) is 26.7 Å². The van der Waals surface area contributed by atoms with Crippen molar-refractivity contribution in [2.24, 2.45) is 0 Å². The van der Waals surface area contributed by atoms with Crippen LogP contribution in [0.2, 0.25) is 0 Å². The monoisotopic (exact) mass is 417 g/mol. The number of hydrogen-bond acceptors (Lipinski definition) is 5. The fourth-order valence-corrected chi connectivity index (χ4v) is 2.72. The van der Waals surface area contributed by atoms with Crippen molar-refractivity contribution in [3.05, 3.63) is 52.0 Å². The van der Waals surface area contributed by atoms with Gasteiger partial charge in [-0.3, -0.25) is 4.79 Å². The van der Waals surface area contributed by atoms with Gasteiger partial charge in [0.2, 0.25) is 0 Å². The maximum atomic E-state index is 12.1. The average molecular weight is 418 g/mol. The van der Waals surface area contributed by atoms with E-state index in [9.17, 15) is 4.79 Å². The van der Waals surface area contributed by atoms with E-state index in [1.165, 1.54) is 5.56 Å². The van der Waals surface area contributed by atoms with E-state index in [4.69, 9.17) is 19.5 Å². The van der Waals surface area contributed by atoms with Crippen molar-refractivity contribution < 1.29 is 19.0 Å². The molecule has 0 unspecified atom stereocenters. The quantitative estimate of drug-likeness (QED) is 0.350. The predicted molar refractivity (Wildman–Crippen MR) is 102 cm³/mol. The summed E-state index contributed by atoms with van der Waals surface area (Å²) < 4.78 is 17.0. The van der Waals surface area contributed by atoms with Crippen LogP contribution < -0.4 is 14.2 Å². The number of ether oxygens (including phenoxy) is 3. The molecule has 0 bridgehead atoms. The standard InChI is InChI=1S/C20H20BrNO4/c1-3-24-18-12-15(13-22)11-17(21)20(18)26-19(23)5-4-10-25-16-8-6-14(2)7-9-16/h6-9,11-12H,3-5,10H2,1-2H3. The largest absolute Gasteiger partial charge is 0.494 e. The summed E-state index contributed by atoms with van der Waals surface area (Å²) in [6.07, 6.45) is 0.744. The van der Waals surface area contributed by atoms with Gasteiger partial charge < -0.3 is 14.2 Å². The molecule has 6 heteroatoms. The van der Waals surface area contributed by atoms with E-state index in [0.717, 1.165) is 5.75 Å². The minimum Gasteiger partial charge on any atom is -0.494 e. The first-order valence-corrected chi connectivity index (χ1v) is 9.09. The molecule has 2 aromatic rings. The highest BCUT2D eigenvalue weighted by atomic mass is 79.9. The fourth-order valence-electron chi connectivity index (χ4n) is 2.20. The van der Waals surface area contributed by atoms with Crippen LogP contribution >= 0.6 is 15.9 Å². The van der Waals surface area contributed by atoms with Gasteiger partial charge in [0.15, 0.2) is 11.5 Å². The molecular weight excluding hydrogens is 398 g/mol. The lowest BCUT2D eigenvalue weighted by Crippen LogP contribution is -2.11. The number of esters is 1. The van der Waals surface area contributed by atoms with E-state index in [-0.39, 0.29) is 18.1 Å². The van der Waals surface area contributed by atoms with Crippen LogP contribution in [0, 0.1) is 18.3 Å². The topological polar surface area (TPSA) is 68.5 Å². The minimum absolute atomic E-state index is 0.212. The van der Waals surface area contributed by atoms with Crippen LogP contribution in [0.3, 0.4) is 0 Å². The fraction of sp³-hybridized carbons (Fsp3) is 0.300. The van der Waals surface area contributed by atoms with Gasteiger partial charge in [0.1, 0.15) is 5.75 Å². The Balaban J connectivity index is 1.89. The number of rotatable bonds is 8. The maximum absolute atomic E-state index is 12.1. The van der Waals surface area contributed by atoms with Gasteiger partial charge in [0, 0.05) is 12.5 Å². The molecule has 2 aromatic carbocycles. The Kier molecular flexibility index (Phi) is 7.49. The summed E-state index contributed by atoms with van der Waals surface area (Å²) in [6.45, 7) is 4.65. The number of halogens is 1. The molecule has 5 nitrogen and oxygen atoms in total. The first-order chi connectivity index (χ1) is 12.5. The van der Waals surface area contributed by atoms with Crippen LogP contribution in [0.1, 0.15) is 30.9 Å². The molecule has 0 heterocycles. The number of carbonyl (C=O) groups excluding carboxylic acids is 1. The Labute approximate surface area is 161 Å². The SMILES string of the molecule is CCOc1cc(C#N)cc(Br)c1OC(=O)CCCOc1ccc(C)cc1. The lowest BCUT2D eigenvalue weighted by atomic mass is 10.2. The molecule has 0 amide bonds. The third-order valence-corrected chi connectivity index (χ3v) is 4.06. The summed E-state index contributed by atoms with van der Waals surface area (Å²) >= 11 is 3.32. The van der Waals surface area contributed by atoms with Gasteiger partial charge in [0.05, 0.1) is 29.3 Å². The molecule has 0 aromatic heterocycles. The molecule has 0 aliphatic rings. The van der Waals surface area contributed by atoms with E-state index < -0.39 is 0 Å². The molecule has 0 saturated carbocycles. The van der Waals surface area contributed by atoms with Gasteiger partial charge in [0.25, 0.3) is 0 Å². The molecule has 0 radical (unpaired) electrons. The Morgan fingerprint density at radius 1 is 1.19 bits per heavy atom. The highest BCUT2D eigenvalue weighted by Gasteiger charge is 2.16. The van der Waals surface area contributed by atoms with Crippen LogP contribution in [-0.4, -0.2) is 19.2 Å². The van der Waals surface area contributed by atoms with Crippen molar-refractivity contribution in [2.75, 3.05) is 13.2 Å². The van der Waals surface area contributed by atoms with Crippen LogP contribution in [0.4, 0.5) is 0 Å². The number of nitriles is 1. The first kappa shape index (κ1) is 19.8. The van der Waals surface area contributed by atoms with Crippen LogP contribution in [0.5, 0.6) is 17.2 Å². The molecule has 0 aliphatic carbocycles. The molecular formula is C20H20BrNO4. The summed E-state index contributed by atoms with van der Waals surface area (Å²) in [6, 6.07) is 12.9. The molecule has 0 fully saturated rings. The zero-order valence-corrected chi connectivity index (χ0v) is 16.3. The third-order valence-electron chi connectivity index (χ3n) is 3.47. The van der Waals surface area contributed by atoms with E-state index in [1.54, 1.807) is 12.1 Å². The summed E-state index contributed by atoms with van der Waals surface area (Å²) in [4.78, 5) is 12.1. The first-order valence-electron chi connectivity index (χ1n) is 8.30. The van der Waals surface area contributed by atoms with Gasteiger partial charge in [-0.05, 0) is 54.4 Å². The van der Waals surface area contributed by atoms with Gasteiger partial charge in [-0.25, -0.2) is 0 Å². The predicted octanol–water partition coefficient (Wildman–Crippen LogP) is 4.79. The van der Waals surface area contributed by atoms with E-state index in [1.807, 2.05) is 44.2 Å². The number of benzene rings is 2. The molecule has 0 N–H and O–H groups in total. The average Bonchev–Trinajstić information content (AvgIpc) is 2.63. The molecule has 0 spiro atoms. The van der Waals surface area contributed by atoms with Gasteiger partial charge >= 0.3 is 5.97 Å². The number of carbonyl (C=O) groups is 1. The normalized spacial score (nSPS) is 10.1. The zero-order valence-electron chi connectivity index (χ0n) is 14.8. The Bertz CT molecular complexity index is 797. The summed E-state index contributed by atoms with van der Waals surface area (Å²) in [5, 5.41) is 9.03. The van der Waals surface area contributed by atoms with Crippen molar-refractivity contribution in [3.63, 3.8) is 0 Å². The van der Waals surface area contributed by atoms with Crippen LogP contribution in [-0.2, 0) is 4.79 Å². The lowest BCUT2D eigenvalue weighted by Gasteiger charge is -2.13. The van der Waals surface area contributed by atoms with Gasteiger partial charge in [-0.2, -0.15) is 5.26 Å². The van der Waals surface area contributed by atoms with Crippen molar-refractivity contribution >= 4 is 21.9 Å². The minimum atomic E-state index is -0.385. The number of hydrogen-bond donors (Lipinski definition) is 0. The Hall–Kier alpha value is -2.52. The maximum Gasteiger partial charge on any atom is 0.311 e. The highest BCUT2D eigenvalue weighted by molar-refractivity contribution is 9.10. The molecule has 2 rings (SSSR count). The second-order valence-electron chi connectivity index (χ2n) is 5.57. The second-order valence-corrected chi connectivity index (χ2v) is 6.42. The van der Waals surface area contributed by atoms with E-state index in [0.29, 0.717) is 35.4 Å². The van der Waals surface area contributed by atoms with Crippen LogP contribution in [0.25, 0.3) is 0 Å². The lowest BCUT2D eigenvalue weighted by molar-refractivity contribution is -0.134. The number of aryl methyl sites for hydroxylation is 1. The Morgan fingerprint density at radius 3 is 2.58 bits per heavy atom. The van der Waals surface area contributed by atoms with E-state index in [2.05, 4.69) is 15.9 Å². The number of nitrogens with zero attached hydrogens (tertiary/aromatic N) is 1. The molecule has 26 heavy (non-hydrogen) atoms. The molecule has 0 saturated heterocycles. The van der Waals surface area contributed by atoms with Crippen molar-refractivity contribution in [1.82, 2.24) is 0 Å². The molecule has 136 valence electrons. The van der Waals surface area contributed by atoms with Crippen molar-refractivity contribution in [3.8, 4) is 23.3 Å². The van der Waals surface area contributed by atoms with Crippen LogP contribution in [0.15, 0.2) is 40.9 Å². The summed E-state index contributed by atoms with van der Waals surface area (Å²) in [5.74, 6) is 1.04. The molecule has 0 aliphatic heterocycles. The molecule has 0 atom stereocenters. The smallest absolute Gasteiger partial charge is 0.311 e. The van der Waals surface area contributed by atoms with Crippen molar-refractivity contribution in [1.29, 1.82) is 5.26 Å². The second kappa shape index (κ2) is 9.83. The third kappa shape index (κ3) is 5.78. The van der Waals surface area contributed by atoms with Gasteiger partial charge in [-0.15, -0.1) is 0 Å². The van der Waals surface area contributed by atoms with E-state index >= 15 is 0 Å². The zero-order chi connectivity index (χ0) is 18.9. The highest BCUT2D eigenvalue weighted by Crippen LogP contribution is 2.37. The van der Waals surface area contributed by atoms with Gasteiger partial charge in [-0.1, -0.05) is 17.7 Å². The summed E-state index contributed by atoms with van der Waals surface area (Å²) in [7, 11) is 0.